The summed E-state index contributed by atoms with van der Waals surface area (Å²) in [4.78, 5) is 0.0399. The summed E-state index contributed by atoms with van der Waals surface area (Å²) in [6.07, 6.45) is 16.9. The lowest BCUT2D eigenvalue weighted by atomic mass is 9.44. The monoisotopic (exact) mass is 472 g/mol. The van der Waals surface area contributed by atoms with Crippen molar-refractivity contribution in [3.05, 3.63) is 11.6 Å². The molecule has 4 aliphatic carbocycles. The zero-order valence-corrected chi connectivity index (χ0v) is 23.7. The van der Waals surface area contributed by atoms with Crippen molar-refractivity contribution in [3.8, 4) is 0 Å². The second-order valence-electron chi connectivity index (χ2n) is 14.3. The van der Waals surface area contributed by atoms with Gasteiger partial charge in [0.2, 0.25) is 0 Å². The molecule has 5 aliphatic rings. The lowest BCUT2D eigenvalue weighted by molar-refractivity contribution is -0.102. The molecule has 0 radical (unpaired) electrons. The molecule has 0 unspecified atom stereocenters. The molecular formula is C31H52OS. The SMILES string of the molecule is CC(C)CCC[C@@H](C)[C@H]1CC[C@H]2[C@@H]3CC=C4C(C)(C)[C@@]5(CC[C@]4(C)[C@H]3CC[C@]12C)OCCS5. The van der Waals surface area contributed by atoms with E-state index in [4.69, 9.17) is 4.74 Å². The molecular weight excluding hydrogens is 420 g/mol. The summed E-state index contributed by atoms with van der Waals surface area (Å²) >= 11 is 2.12. The van der Waals surface area contributed by atoms with Crippen LogP contribution in [0.2, 0.25) is 0 Å². The molecule has 33 heavy (non-hydrogen) atoms. The summed E-state index contributed by atoms with van der Waals surface area (Å²) in [7, 11) is 0. The Labute approximate surface area is 209 Å². The standard InChI is InChI=1S/C31H52OS/c1-21(2)9-8-10-22(3)24-12-13-25-23-11-14-27-28(4,5)31(32-19-20-33-31)18-17-30(27,7)26(23)15-16-29(24,25)6/h14,21-26H,8-13,15-20H2,1-7H3/t22-,23+,24-,25+,26+,29-,30-,31+/m1/s1. The average Bonchev–Trinajstić information content (AvgIpc) is 3.36. The van der Waals surface area contributed by atoms with Crippen LogP contribution < -0.4 is 0 Å². The largest absolute Gasteiger partial charge is 0.363 e. The van der Waals surface area contributed by atoms with E-state index in [2.05, 4.69) is 66.3 Å². The Morgan fingerprint density at radius 1 is 0.970 bits per heavy atom. The first-order valence-corrected chi connectivity index (χ1v) is 15.5. The second-order valence-corrected chi connectivity index (χ2v) is 15.6. The molecule has 0 amide bonds. The van der Waals surface area contributed by atoms with Crippen LogP contribution in [0.3, 0.4) is 0 Å². The number of fused-ring (bicyclic) bond motifs is 5. The van der Waals surface area contributed by atoms with Crippen molar-refractivity contribution in [3.63, 3.8) is 0 Å². The summed E-state index contributed by atoms with van der Waals surface area (Å²) in [6, 6.07) is 0. The number of rotatable bonds is 5. The first kappa shape index (κ1) is 24.7. The van der Waals surface area contributed by atoms with Gasteiger partial charge in [-0.05, 0) is 91.3 Å². The molecule has 0 N–H and O–H groups in total. The van der Waals surface area contributed by atoms with Crippen molar-refractivity contribution in [1.82, 2.24) is 0 Å². The predicted molar refractivity (Wildman–Crippen MR) is 143 cm³/mol. The minimum atomic E-state index is 0.0399. The Kier molecular flexibility index (Phi) is 6.42. The van der Waals surface area contributed by atoms with Crippen LogP contribution in [0, 0.1) is 51.8 Å². The maximum Gasteiger partial charge on any atom is 0.122 e. The molecule has 0 bridgehead atoms. The average molecular weight is 473 g/mol. The quantitative estimate of drug-likeness (QED) is 0.369. The highest BCUT2D eigenvalue weighted by atomic mass is 32.2. The van der Waals surface area contributed by atoms with Crippen molar-refractivity contribution in [2.45, 2.75) is 118 Å². The van der Waals surface area contributed by atoms with Crippen LogP contribution in [0.15, 0.2) is 11.6 Å². The first-order chi connectivity index (χ1) is 15.6. The fraction of sp³-hybridized carbons (Fsp3) is 0.935. The van der Waals surface area contributed by atoms with E-state index in [1.54, 1.807) is 5.57 Å². The lowest BCUT2D eigenvalue weighted by Gasteiger charge is -2.63. The molecule has 1 saturated heterocycles. The van der Waals surface area contributed by atoms with Gasteiger partial charge in [0, 0.05) is 11.2 Å². The zero-order chi connectivity index (χ0) is 23.6. The maximum absolute atomic E-state index is 6.52. The molecule has 1 nitrogen and oxygen atoms in total. The van der Waals surface area contributed by atoms with Crippen molar-refractivity contribution in [1.29, 1.82) is 0 Å². The number of hydrogen-bond donors (Lipinski definition) is 0. The van der Waals surface area contributed by atoms with E-state index < -0.39 is 0 Å². The summed E-state index contributed by atoms with van der Waals surface area (Å²) in [6.45, 7) is 18.8. The minimum absolute atomic E-state index is 0.0399. The molecule has 2 heteroatoms. The van der Waals surface area contributed by atoms with Gasteiger partial charge in [0.05, 0.1) is 6.61 Å². The van der Waals surface area contributed by atoms with Gasteiger partial charge < -0.3 is 4.74 Å². The highest BCUT2D eigenvalue weighted by molar-refractivity contribution is 8.00. The molecule has 0 aromatic heterocycles. The fourth-order valence-corrected chi connectivity index (χ4v) is 11.7. The van der Waals surface area contributed by atoms with Crippen molar-refractivity contribution >= 4 is 11.8 Å². The zero-order valence-electron chi connectivity index (χ0n) is 22.8. The molecule has 188 valence electrons. The molecule has 0 aromatic rings. The van der Waals surface area contributed by atoms with Gasteiger partial charge in [-0.15, -0.1) is 11.8 Å². The third-order valence-corrected chi connectivity index (χ3v) is 13.7. The highest BCUT2D eigenvalue weighted by Gasteiger charge is 2.64. The summed E-state index contributed by atoms with van der Waals surface area (Å²) < 4.78 is 6.52. The molecule has 8 atom stereocenters. The van der Waals surface area contributed by atoms with Gasteiger partial charge in [-0.3, -0.25) is 0 Å². The van der Waals surface area contributed by atoms with E-state index in [0.717, 1.165) is 42.1 Å². The minimum Gasteiger partial charge on any atom is -0.363 e. The van der Waals surface area contributed by atoms with Gasteiger partial charge in [-0.25, -0.2) is 0 Å². The Morgan fingerprint density at radius 2 is 1.76 bits per heavy atom. The Morgan fingerprint density at radius 3 is 2.45 bits per heavy atom. The Balaban J connectivity index is 1.37. The molecule has 4 fully saturated rings. The van der Waals surface area contributed by atoms with Crippen LogP contribution in [0.1, 0.15) is 113 Å². The number of thioether (sulfide) groups is 1. The Hall–Kier alpha value is 0.0500. The molecule has 1 spiro atoms. The first-order valence-electron chi connectivity index (χ1n) is 14.5. The normalized spacial score (nSPS) is 47.2. The van der Waals surface area contributed by atoms with E-state index in [1.807, 2.05) is 0 Å². The molecule has 0 aromatic carbocycles. The third kappa shape index (κ3) is 3.65. The van der Waals surface area contributed by atoms with Crippen LogP contribution in [-0.2, 0) is 4.74 Å². The van der Waals surface area contributed by atoms with E-state index in [0.29, 0.717) is 10.8 Å². The van der Waals surface area contributed by atoms with Crippen molar-refractivity contribution < 1.29 is 4.74 Å². The van der Waals surface area contributed by atoms with E-state index in [1.165, 1.54) is 70.0 Å². The maximum atomic E-state index is 6.52. The molecule has 1 aliphatic heterocycles. The van der Waals surface area contributed by atoms with Crippen LogP contribution >= 0.6 is 11.8 Å². The van der Waals surface area contributed by atoms with Crippen molar-refractivity contribution in [2.75, 3.05) is 12.4 Å². The van der Waals surface area contributed by atoms with Crippen LogP contribution in [0.5, 0.6) is 0 Å². The molecule has 5 rings (SSSR count). The van der Waals surface area contributed by atoms with E-state index >= 15 is 0 Å². The predicted octanol–water partition coefficient (Wildman–Crippen LogP) is 9.12. The van der Waals surface area contributed by atoms with Gasteiger partial charge in [0.25, 0.3) is 0 Å². The fourth-order valence-electron chi connectivity index (χ4n) is 10.3. The molecule has 3 saturated carbocycles. The third-order valence-electron chi connectivity index (χ3n) is 12.0. The second kappa shape index (κ2) is 8.57. The van der Waals surface area contributed by atoms with E-state index in [9.17, 15) is 0 Å². The van der Waals surface area contributed by atoms with E-state index in [-0.39, 0.29) is 10.3 Å². The summed E-state index contributed by atoms with van der Waals surface area (Å²) in [5, 5.41) is 0. The van der Waals surface area contributed by atoms with Gasteiger partial charge in [-0.2, -0.15) is 0 Å². The highest BCUT2D eigenvalue weighted by Crippen LogP contribution is 2.71. The van der Waals surface area contributed by atoms with Gasteiger partial charge in [0.15, 0.2) is 0 Å². The summed E-state index contributed by atoms with van der Waals surface area (Å²) in [5.41, 5.74) is 2.93. The number of hydrogen-bond acceptors (Lipinski definition) is 2. The van der Waals surface area contributed by atoms with Crippen LogP contribution in [-0.4, -0.2) is 17.3 Å². The summed E-state index contributed by atoms with van der Waals surface area (Å²) in [5.74, 6) is 6.68. The lowest BCUT2D eigenvalue weighted by Crippen LogP contribution is -2.57. The number of allylic oxidation sites excluding steroid dienone is 1. The number of ether oxygens (including phenoxy) is 1. The topological polar surface area (TPSA) is 9.23 Å². The van der Waals surface area contributed by atoms with Gasteiger partial charge in [-0.1, -0.05) is 79.4 Å². The van der Waals surface area contributed by atoms with Gasteiger partial charge >= 0.3 is 0 Å². The van der Waals surface area contributed by atoms with Gasteiger partial charge in [0.1, 0.15) is 4.93 Å². The Bertz CT molecular complexity index is 761. The molecule has 1 heterocycles. The smallest absolute Gasteiger partial charge is 0.122 e. The van der Waals surface area contributed by atoms with Crippen molar-refractivity contribution in [2.24, 2.45) is 51.8 Å². The van der Waals surface area contributed by atoms with Crippen LogP contribution in [0.25, 0.3) is 0 Å². The van der Waals surface area contributed by atoms with Crippen LogP contribution in [0.4, 0.5) is 0 Å².